The highest BCUT2D eigenvalue weighted by atomic mass is 16.6. The van der Waals surface area contributed by atoms with Gasteiger partial charge in [-0.05, 0) is 31.9 Å². The molecule has 0 saturated heterocycles. The fourth-order valence-corrected chi connectivity index (χ4v) is 2.02. The van der Waals surface area contributed by atoms with Crippen molar-refractivity contribution in [3.05, 3.63) is 38.6 Å². The van der Waals surface area contributed by atoms with Gasteiger partial charge in [-0.15, -0.1) is 0 Å². The van der Waals surface area contributed by atoms with Crippen molar-refractivity contribution in [1.29, 1.82) is 0 Å². The molecule has 18 heavy (non-hydrogen) atoms. The van der Waals surface area contributed by atoms with Crippen molar-refractivity contribution in [2.45, 2.75) is 20.8 Å². The summed E-state index contributed by atoms with van der Waals surface area (Å²) in [5.41, 5.74) is 3.40. The molecule has 0 aliphatic heterocycles. The predicted octanol–water partition coefficient (Wildman–Crippen LogP) is 2.88. The second-order valence-corrected chi connectivity index (χ2v) is 3.96. The van der Waals surface area contributed by atoms with E-state index in [4.69, 9.17) is 9.47 Å². The predicted molar refractivity (Wildman–Crippen MR) is 69.8 cm³/mol. The van der Waals surface area contributed by atoms with Crippen LogP contribution < -0.4 is 9.47 Å². The van der Waals surface area contributed by atoms with E-state index in [0.29, 0.717) is 11.3 Å². The normalized spacial score (nSPS) is 10.7. The maximum Gasteiger partial charge on any atom is 0.235 e. The Balaban J connectivity index is 3.56. The van der Waals surface area contributed by atoms with Gasteiger partial charge in [-0.25, -0.2) is 0 Å². The minimum Gasteiger partial charge on any atom is -0.496 e. The average Bonchev–Trinajstić information content (AvgIpc) is 2.32. The number of ether oxygens (including phenoxy) is 2. The van der Waals surface area contributed by atoms with Crippen LogP contribution in [0.4, 0.5) is 0 Å². The molecule has 0 N–H and O–H groups in total. The Morgan fingerprint density at radius 1 is 1.00 bits per heavy atom. The van der Waals surface area contributed by atoms with Crippen molar-refractivity contribution in [2.75, 3.05) is 14.2 Å². The first-order valence-electron chi connectivity index (χ1n) is 5.47. The van der Waals surface area contributed by atoms with Gasteiger partial charge in [0, 0.05) is 17.2 Å². The molecular weight excluding hydrogens is 234 g/mol. The van der Waals surface area contributed by atoms with Gasteiger partial charge in [0.15, 0.2) is 0 Å². The van der Waals surface area contributed by atoms with Gasteiger partial charge >= 0.3 is 0 Å². The summed E-state index contributed by atoms with van der Waals surface area (Å²) in [7, 11) is 3.14. The Bertz CT molecular complexity index is 506. The quantitative estimate of drug-likeness (QED) is 0.609. The molecule has 0 amide bonds. The number of benzene rings is 1. The molecule has 1 rings (SSSR count). The van der Waals surface area contributed by atoms with Gasteiger partial charge in [-0.2, -0.15) is 0 Å². The second kappa shape index (κ2) is 5.53. The highest BCUT2D eigenvalue weighted by Gasteiger charge is 2.17. The molecule has 5 nitrogen and oxygen atoms in total. The summed E-state index contributed by atoms with van der Waals surface area (Å²) in [4.78, 5) is 9.94. The first kappa shape index (κ1) is 14.0. The zero-order valence-corrected chi connectivity index (χ0v) is 11.2. The highest BCUT2D eigenvalue weighted by Crippen LogP contribution is 2.38. The van der Waals surface area contributed by atoms with E-state index < -0.39 is 4.92 Å². The van der Waals surface area contributed by atoms with E-state index in [-0.39, 0.29) is 0 Å². The molecule has 0 aliphatic carbocycles. The SMILES string of the molecule is COc1c(C)c(C)c(OC)c(C=C[N+](=O)[O-])c1C. The lowest BCUT2D eigenvalue weighted by molar-refractivity contribution is -0.400. The van der Waals surface area contributed by atoms with E-state index in [1.807, 2.05) is 20.8 Å². The fraction of sp³-hybridized carbons (Fsp3) is 0.385. The van der Waals surface area contributed by atoms with Crippen LogP contribution in [0.5, 0.6) is 11.5 Å². The zero-order valence-electron chi connectivity index (χ0n) is 11.2. The van der Waals surface area contributed by atoms with Crippen LogP contribution in [0.25, 0.3) is 6.08 Å². The number of hydrogen-bond donors (Lipinski definition) is 0. The van der Waals surface area contributed by atoms with E-state index in [9.17, 15) is 10.1 Å². The van der Waals surface area contributed by atoms with Crippen LogP contribution in [0.3, 0.4) is 0 Å². The minimum absolute atomic E-state index is 0.499. The van der Waals surface area contributed by atoms with Crippen molar-refractivity contribution >= 4 is 6.08 Å². The van der Waals surface area contributed by atoms with Gasteiger partial charge in [0.25, 0.3) is 0 Å². The van der Waals surface area contributed by atoms with E-state index in [2.05, 4.69) is 0 Å². The maximum absolute atomic E-state index is 10.4. The maximum atomic E-state index is 10.4. The lowest BCUT2D eigenvalue weighted by Crippen LogP contribution is -2.01. The third-order valence-electron chi connectivity index (χ3n) is 3.00. The summed E-state index contributed by atoms with van der Waals surface area (Å²) in [5.74, 6) is 1.38. The molecule has 0 spiro atoms. The van der Waals surface area contributed by atoms with Gasteiger partial charge in [0.05, 0.1) is 19.1 Å². The smallest absolute Gasteiger partial charge is 0.235 e. The van der Waals surface area contributed by atoms with E-state index in [1.54, 1.807) is 14.2 Å². The van der Waals surface area contributed by atoms with Gasteiger partial charge in [-0.1, -0.05) is 0 Å². The topological polar surface area (TPSA) is 61.6 Å². The third-order valence-corrected chi connectivity index (χ3v) is 3.00. The van der Waals surface area contributed by atoms with Gasteiger partial charge in [0.2, 0.25) is 6.20 Å². The molecule has 0 unspecified atom stereocenters. The number of rotatable bonds is 4. The van der Waals surface area contributed by atoms with Crippen LogP contribution >= 0.6 is 0 Å². The molecule has 0 radical (unpaired) electrons. The summed E-state index contributed by atoms with van der Waals surface area (Å²) in [6.07, 6.45) is 2.34. The monoisotopic (exact) mass is 251 g/mol. The van der Waals surface area contributed by atoms with Gasteiger partial charge in [0.1, 0.15) is 11.5 Å². The summed E-state index contributed by atoms with van der Waals surface area (Å²) in [5, 5.41) is 10.4. The number of methoxy groups -OCH3 is 2. The lowest BCUT2D eigenvalue weighted by Gasteiger charge is -2.18. The summed E-state index contributed by atoms with van der Waals surface area (Å²) in [6.45, 7) is 5.69. The van der Waals surface area contributed by atoms with Crippen LogP contribution in [-0.4, -0.2) is 19.1 Å². The lowest BCUT2D eigenvalue weighted by atomic mass is 9.97. The average molecular weight is 251 g/mol. The molecule has 0 aromatic heterocycles. The Morgan fingerprint density at radius 3 is 1.94 bits per heavy atom. The first-order chi connectivity index (χ1) is 8.43. The highest BCUT2D eigenvalue weighted by molar-refractivity contribution is 5.69. The van der Waals surface area contributed by atoms with Crippen LogP contribution in [0.2, 0.25) is 0 Å². The van der Waals surface area contributed by atoms with Crippen molar-refractivity contribution in [3.8, 4) is 11.5 Å². The number of hydrogen-bond acceptors (Lipinski definition) is 4. The summed E-state index contributed by atoms with van der Waals surface area (Å²) < 4.78 is 10.7. The van der Waals surface area contributed by atoms with E-state index in [1.165, 1.54) is 6.08 Å². The molecule has 0 saturated carbocycles. The van der Waals surface area contributed by atoms with E-state index in [0.717, 1.165) is 28.6 Å². The summed E-state index contributed by atoms with van der Waals surface area (Å²) >= 11 is 0. The Kier molecular flexibility index (Phi) is 4.31. The summed E-state index contributed by atoms with van der Waals surface area (Å²) in [6, 6.07) is 0. The zero-order chi connectivity index (χ0) is 13.9. The second-order valence-electron chi connectivity index (χ2n) is 3.96. The van der Waals surface area contributed by atoms with Crippen molar-refractivity contribution in [2.24, 2.45) is 0 Å². The Hall–Kier alpha value is -2.04. The van der Waals surface area contributed by atoms with Crippen molar-refractivity contribution in [3.63, 3.8) is 0 Å². The first-order valence-corrected chi connectivity index (χ1v) is 5.47. The molecular formula is C13H17NO4. The largest absolute Gasteiger partial charge is 0.496 e. The van der Waals surface area contributed by atoms with Gasteiger partial charge in [-0.3, -0.25) is 10.1 Å². The van der Waals surface area contributed by atoms with Crippen LogP contribution in [0.1, 0.15) is 22.3 Å². The number of nitro groups is 1. The van der Waals surface area contributed by atoms with Crippen molar-refractivity contribution in [1.82, 2.24) is 0 Å². The molecule has 98 valence electrons. The van der Waals surface area contributed by atoms with Gasteiger partial charge < -0.3 is 9.47 Å². The van der Waals surface area contributed by atoms with E-state index >= 15 is 0 Å². The molecule has 0 fully saturated rings. The van der Waals surface area contributed by atoms with Crippen LogP contribution in [0, 0.1) is 30.9 Å². The molecule has 0 atom stereocenters. The molecule has 0 aliphatic rings. The van der Waals surface area contributed by atoms with Crippen molar-refractivity contribution < 1.29 is 14.4 Å². The van der Waals surface area contributed by atoms with Crippen LogP contribution in [0.15, 0.2) is 6.20 Å². The molecule has 5 heteroatoms. The Morgan fingerprint density at radius 2 is 1.50 bits per heavy atom. The van der Waals surface area contributed by atoms with Crippen LogP contribution in [-0.2, 0) is 0 Å². The standard InChI is InChI=1S/C13H17NO4/c1-8-9(2)13(18-5)11(6-7-14(15)16)10(3)12(8)17-4/h6-7H,1-5H3. The molecule has 0 heterocycles. The minimum atomic E-state index is -0.499. The molecule has 1 aromatic rings. The fourth-order valence-electron chi connectivity index (χ4n) is 2.02. The third kappa shape index (κ3) is 2.45. The molecule has 0 bridgehead atoms. The molecule has 1 aromatic carbocycles. The Labute approximate surface area is 106 Å². The number of nitrogens with zero attached hydrogens (tertiary/aromatic N) is 1.